The fraction of sp³-hybridized carbons (Fsp3) is 0.263. The van der Waals surface area contributed by atoms with Gasteiger partial charge in [-0.3, -0.25) is 9.59 Å². The van der Waals surface area contributed by atoms with Gasteiger partial charge in [0, 0.05) is 11.3 Å². The molecule has 5 heteroatoms. The van der Waals surface area contributed by atoms with Crippen LogP contribution in [0, 0.1) is 0 Å². The first-order chi connectivity index (χ1) is 11.5. The highest BCUT2D eigenvalue weighted by Gasteiger charge is 2.07. The molecule has 0 spiro atoms. The van der Waals surface area contributed by atoms with Crippen molar-refractivity contribution in [3.05, 3.63) is 59.7 Å². The Morgan fingerprint density at radius 1 is 1.17 bits per heavy atom. The van der Waals surface area contributed by atoms with E-state index in [4.69, 9.17) is 10.5 Å². The highest BCUT2D eigenvalue weighted by atomic mass is 16.5. The number of carbonyl (C=O) groups is 2. The van der Waals surface area contributed by atoms with Gasteiger partial charge in [-0.1, -0.05) is 32.0 Å². The van der Waals surface area contributed by atoms with Gasteiger partial charge in [0.1, 0.15) is 5.75 Å². The third kappa shape index (κ3) is 4.84. The summed E-state index contributed by atoms with van der Waals surface area (Å²) < 4.78 is 5.39. The van der Waals surface area contributed by atoms with Crippen LogP contribution < -0.4 is 15.8 Å². The molecule has 3 N–H and O–H groups in total. The number of anilines is 1. The summed E-state index contributed by atoms with van der Waals surface area (Å²) in [5, 5.41) is 2.78. The number of rotatable bonds is 7. The Hall–Kier alpha value is -2.82. The van der Waals surface area contributed by atoms with Gasteiger partial charge in [-0.25, -0.2) is 0 Å². The average Bonchev–Trinajstić information content (AvgIpc) is 2.60. The molecule has 126 valence electrons. The Bertz CT molecular complexity index is 711. The van der Waals surface area contributed by atoms with Crippen LogP contribution in [-0.2, 0) is 4.79 Å². The number of nitrogens with two attached hydrogens (primary N) is 1. The molecule has 0 aliphatic carbocycles. The number of nitrogens with one attached hydrogen (secondary N) is 1. The third-order valence-corrected chi connectivity index (χ3v) is 3.86. The van der Waals surface area contributed by atoms with Crippen LogP contribution in [0.25, 0.3) is 0 Å². The van der Waals surface area contributed by atoms with E-state index in [0.717, 1.165) is 12.1 Å². The summed E-state index contributed by atoms with van der Waals surface area (Å²) in [4.78, 5) is 23.1. The summed E-state index contributed by atoms with van der Waals surface area (Å²) in [5.41, 5.74) is 7.52. The minimum Gasteiger partial charge on any atom is -0.484 e. The SMILES string of the molecule is CCC(C)c1ccc(NC(=O)COc2cccc(C(N)=O)c2)cc1. The number of carbonyl (C=O) groups excluding carboxylic acids is 2. The van der Waals surface area contributed by atoms with Crippen molar-refractivity contribution in [2.24, 2.45) is 5.73 Å². The average molecular weight is 326 g/mol. The number of hydrogen-bond donors (Lipinski definition) is 2. The maximum absolute atomic E-state index is 12.0. The van der Waals surface area contributed by atoms with Crippen molar-refractivity contribution in [3.63, 3.8) is 0 Å². The van der Waals surface area contributed by atoms with E-state index in [1.807, 2.05) is 24.3 Å². The molecule has 0 bridgehead atoms. The lowest BCUT2D eigenvalue weighted by molar-refractivity contribution is -0.118. The molecule has 2 amide bonds. The zero-order chi connectivity index (χ0) is 17.5. The molecule has 0 fully saturated rings. The van der Waals surface area contributed by atoms with E-state index in [1.165, 1.54) is 11.6 Å². The largest absolute Gasteiger partial charge is 0.484 e. The summed E-state index contributed by atoms with van der Waals surface area (Å²) in [6.45, 7) is 4.17. The van der Waals surface area contributed by atoms with Crippen molar-refractivity contribution in [1.82, 2.24) is 0 Å². The Morgan fingerprint density at radius 3 is 2.50 bits per heavy atom. The van der Waals surface area contributed by atoms with Crippen LogP contribution >= 0.6 is 0 Å². The lowest BCUT2D eigenvalue weighted by Gasteiger charge is -2.11. The fourth-order valence-electron chi connectivity index (χ4n) is 2.22. The van der Waals surface area contributed by atoms with E-state index in [9.17, 15) is 9.59 Å². The Balaban J connectivity index is 1.89. The van der Waals surface area contributed by atoms with Crippen LogP contribution in [0.5, 0.6) is 5.75 Å². The summed E-state index contributed by atoms with van der Waals surface area (Å²) in [6, 6.07) is 14.2. The molecule has 5 nitrogen and oxygen atoms in total. The lowest BCUT2D eigenvalue weighted by atomic mass is 9.99. The van der Waals surface area contributed by atoms with Crippen LogP contribution in [0.1, 0.15) is 42.1 Å². The van der Waals surface area contributed by atoms with Crippen LogP contribution in [0.15, 0.2) is 48.5 Å². The summed E-state index contributed by atoms with van der Waals surface area (Å²) in [6.07, 6.45) is 1.07. The maximum atomic E-state index is 12.0. The van der Waals surface area contributed by atoms with Crippen LogP contribution in [0.2, 0.25) is 0 Å². The standard InChI is InChI=1S/C19H22N2O3/c1-3-13(2)14-7-9-16(10-8-14)21-18(22)12-24-17-6-4-5-15(11-17)19(20)23/h4-11,13H,3,12H2,1-2H3,(H2,20,23)(H,21,22). The maximum Gasteiger partial charge on any atom is 0.262 e. The molecule has 2 aromatic carbocycles. The molecule has 24 heavy (non-hydrogen) atoms. The number of benzene rings is 2. The van der Waals surface area contributed by atoms with Gasteiger partial charge in [-0.2, -0.15) is 0 Å². The van der Waals surface area contributed by atoms with E-state index in [1.54, 1.807) is 18.2 Å². The summed E-state index contributed by atoms with van der Waals surface area (Å²) in [5.74, 6) is 0.117. The first-order valence-corrected chi connectivity index (χ1v) is 7.92. The smallest absolute Gasteiger partial charge is 0.262 e. The third-order valence-electron chi connectivity index (χ3n) is 3.86. The Labute approximate surface area is 141 Å². The van der Waals surface area contributed by atoms with E-state index in [0.29, 0.717) is 17.2 Å². The van der Waals surface area contributed by atoms with Crippen molar-refractivity contribution >= 4 is 17.5 Å². The van der Waals surface area contributed by atoms with E-state index in [-0.39, 0.29) is 12.5 Å². The predicted octanol–water partition coefficient (Wildman–Crippen LogP) is 3.32. The second-order valence-electron chi connectivity index (χ2n) is 5.66. The van der Waals surface area contributed by atoms with Crippen molar-refractivity contribution in [3.8, 4) is 5.75 Å². The topological polar surface area (TPSA) is 81.4 Å². The lowest BCUT2D eigenvalue weighted by Crippen LogP contribution is -2.20. The van der Waals surface area contributed by atoms with E-state index >= 15 is 0 Å². The second kappa shape index (κ2) is 8.15. The second-order valence-corrected chi connectivity index (χ2v) is 5.66. The minimum absolute atomic E-state index is 0.144. The van der Waals surface area contributed by atoms with E-state index < -0.39 is 5.91 Å². The molecular formula is C19H22N2O3. The number of hydrogen-bond acceptors (Lipinski definition) is 3. The minimum atomic E-state index is -0.536. The normalized spacial score (nSPS) is 11.6. The quantitative estimate of drug-likeness (QED) is 0.819. The molecular weight excluding hydrogens is 304 g/mol. The Kier molecular flexibility index (Phi) is 5.95. The number of ether oxygens (including phenoxy) is 1. The van der Waals surface area contributed by atoms with Crippen LogP contribution in [-0.4, -0.2) is 18.4 Å². The van der Waals surface area contributed by atoms with Crippen molar-refractivity contribution in [2.75, 3.05) is 11.9 Å². The van der Waals surface area contributed by atoms with E-state index in [2.05, 4.69) is 19.2 Å². The van der Waals surface area contributed by atoms with Gasteiger partial charge in [0.15, 0.2) is 6.61 Å². The molecule has 0 aliphatic rings. The first kappa shape index (κ1) is 17.5. The zero-order valence-corrected chi connectivity index (χ0v) is 13.9. The molecule has 0 heterocycles. The Morgan fingerprint density at radius 2 is 1.88 bits per heavy atom. The van der Waals surface area contributed by atoms with Gasteiger partial charge in [0.25, 0.3) is 5.91 Å². The van der Waals surface area contributed by atoms with Gasteiger partial charge >= 0.3 is 0 Å². The fourth-order valence-corrected chi connectivity index (χ4v) is 2.22. The summed E-state index contributed by atoms with van der Waals surface area (Å²) in [7, 11) is 0. The summed E-state index contributed by atoms with van der Waals surface area (Å²) >= 11 is 0. The van der Waals surface area contributed by atoms with Gasteiger partial charge in [-0.15, -0.1) is 0 Å². The highest BCUT2D eigenvalue weighted by Crippen LogP contribution is 2.20. The van der Waals surface area contributed by atoms with Crippen LogP contribution in [0.4, 0.5) is 5.69 Å². The van der Waals surface area contributed by atoms with Gasteiger partial charge in [0.05, 0.1) is 0 Å². The molecule has 0 saturated carbocycles. The van der Waals surface area contributed by atoms with Gasteiger partial charge in [-0.05, 0) is 48.2 Å². The predicted molar refractivity (Wildman–Crippen MR) is 94.2 cm³/mol. The molecule has 0 aliphatic heterocycles. The molecule has 2 rings (SSSR count). The molecule has 2 aromatic rings. The molecule has 0 aromatic heterocycles. The van der Waals surface area contributed by atoms with Crippen molar-refractivity contribution in [1.29, 1.82) is 0 Å². The van der Waals surface area contributed by atoms with Gasteiger partial charge < -0.3 is 15.8 Å². The molecule has 0 saturated heterocycles. The molecule has 1 unspecified atom stereocenters. The van der Waals surface area contributed by atoms with Crippen LogP contribution in [0.3, 0.4) is 0 Å². The molecule has 0 radical (unpaired) electrons. The monoisotopic (exact) mass is 326 g/mol. The molecule has 1 atom stereocenters. The zero-order valence-electron chi connectivity index (χ0n) is 13.9. The first-order valence-electron chi connectivity index (χ1n) is 7.92. The number of amides is 2. The number of primary amides is 1. The highest BCUT2D eigenvalue weighted by molar-refractivity contribution is 5.93. The van der Waals surface area contributed by atoms with Gasteiger partial charge in [0.2, 0.25) is 5.91 Å². The van der Waals surface area contributed by atoms with Crippen molar-refractivity contribution < 1.29 is 14.3 Å². The van der Waals surface area contributed by atoms with Crippen molar-refractivity contribution in [2.45, 2.75) is 26.2 Å².